The van der Waals surface area contributed by atoms with Crippen LogP contribution in [0.2, 0.25) is 10.0 Å². The molecule has 4 heterocycles. The molecule has 6 aromatic rings. The van der Waals surface area contributed by atoms with E-state index in [-0.39, 0.29) is 26.4 Å². The zero-order chi connectivity index (χ0) is 46.5. The van der Waals surface area contributed by atoms with E-state index in [2.05, 4.69) is 25.5 Å². The SMILES string of the molecule is CN(Cc1cc(S(=O)(=O)c2cccnc2)n(-c2ccccc2Cl)n1)C(=O)OC(C)(C)C.CNCc1cc(S(=O)(=O)c2cccnc2)n(-c2ccccc2Cl)n1.O=C(O)/C=C/C(=O)O. The van der Waals surface area contributed by atoms with Gasteiger partial charge in [0.15, 0.2) is 10.1 Å². The molecule has 332 valence electrons. The molecule has 6 rings (SSSR count). The van der Waals surface area contributed by atoms with E-state index >= 15 is 0 Å². The van der Waals surface area contributed by atoms with Crippen LogP contribution in [-0.2, 0) is 47.1 Å². The standard InChI is InChI=1S/C21H23ClN4O4S.C16H15ClN4O2S.C4H4O4/c1-21(2,3)30-20(27)25(4)14-15-12-19(31(28,29)16-8-7-11-23-13-16)26(24-15)18-10-6-5-9-17(18)22;1-18-10-12-9-16(24(22,23)13-5-4-8-19-11-13)21(20-12)15-7-3-2-6-14(15)17;5-3(6)1-2-4(7)8/h5-13H,14H2,1-4H3;2-9,11,18H,10H2,1H3;1-2H,(H,5,6)(H,7,8)/b;;2-1+. The second-order valence-electron chi connectivity index (χ2n) is 13.9. The van der Waals surface area contributed by atoms with Gasteiger partial charge in [0.2, 0.25) is 19.7 Å². The number of halogens is 2. The molecule has 0 saturated carbocycles. The zero-order valence-electron chi connectivity index (χ0n) is 34.3. The van der Waals surface area contributed by atoms with Gasteiger partial charge in [-0.2, -0.15) is 10.2 Å². The number of aliphatic carboxylic acids is 2. The van der Waals surface area contributed by atoms with Crippen LogP contribution in [0.15, 0.2) is 142 Å². The van der Waals surface area contributed by atoms with E-state index in [1.165, 1.54) is 57.2 Å². The van der Waals surface area contributed by atoms with Crippen LogP contribution >= 0.6 is 23.2 Å². The number of rotatable bonds is 12. The molecule has 0 aliphatic carbocycles. The first-order valence-electron chi connectivity index (χ1n) is 18.4. The average Bonchev–Trinajstić information content (AvgIpc) is 3.86. The van der Waals surface area contributed by atoms with E-state index in [1.54, 1.807) is 102 Å². The van der Waals surface area contributed by atoms with Crippen molar-refractivity contribution in [3.8, 4) is 11.4 Å². The maximum absolute atomic E-state index is 13.3. The predicted molar refractivity (Wildman–Crippen MR) is 231 cm³/mol. The molecular weight excluding hydrogens is 900 g/mol. The minimum Gasteiger partial charge on any atom is -0.478 e. The summed E-state index contributed by atoms with van der Waals surface area (Å²) in [5, 5.41) is 28.1. The molecular formula is C41H42Cl2N8O10S2. The summed E-state index contributed by atoms with van der Waals surface area (Å²) in [6.45, 7) is 5.78. The summed E-state index contributed by atoms with van der Waals surface area (Å²) >= 11 is 12.5. The van der Waals surface area contributed by atoms with E-state index in [0.717, 1.165) is 0 Å². The Morgan fingerprint density at radius 1 is 0.730 bits per heavy atom. The summed E-state index contributed by atoms with van der Waals surface area (Å²) in [5.74, 6) is -2.51. The molecule has 3 N–H and O–H groups in total. The summed E-state index contributed by atoms with van der Waals surface area (Å²) in [6, 6.07) is 22.8. The Hall–Kier alpha value is -6.45. The van der Waals surface area contributed by atoms with E-state index in [9.17, 15) is 31.2 Å². The molecule has 0 radical (unpaired) electrons. The average molecular weight is 942 g/mol. The quantitative estimate of drug-likeness (QED) is 0.114. The topological polar surface area (TPSA) is 246 Å². The smallest absolute Gasteiger partial charge is 0.410 e. The first-order chi connectivity index (χ1) is 29.6. The number of carbonyl (C=O) groups is 3. The fourth-order valence-electron chi connectivity index (χ4n) is 5.18. The molecule has 2 aromatic carbocycles. The third kappa shape index (κ3) is 13.5. The summed E-state index contributed by atoms with van der Waals surface area (Å²) < 4.78 is 60.6. The molecule has 18 nitrogen and oxygen atoms in total. The number of ether oxygens (including phenoxy) is 1. The maximum atomic E-state index is 13.3. The number of nitrogens with zero attached hydrogens (tertiary/aromatic N) is 7. The Balaban J connectivity index is 0.000000241. The molecule has 4 aromatic heterocycles. The highest BCUT2D eigenvalue weighted by molar-refractivity contribution is 7.91. The Morgan fingerprint density at radius 3 is 1.54 bits per heavy atom. The lowest BCUT2D eigenvalue weighted by Gasteiger charge is -2.24. The molecule has 0 saturated heterocycles. The Bertz CT molecular complexity index is 2780. The molecule has 0 fully saturated rings. The van der Waals surface area contributed by atoms with Gasteiger partial charge < -0.3 is 25.2 Å². The van der Waals surface area contributed by atoms with Gasteiger partial charge >= 0.3 is 18.0 Å². The number of carboxylic acid groups (broad SMARTS) is 2. The molecule has 0 spiro atoms. The van der Waals surface area contributed by atoms with Crippen LogP contribution in [0.5, 0.6) is 0 Å². The van der Waals surface area contributed by atoms with Crippen molar-refractivity contribution in [1.29, 1.82) is 0 Å². The van der Waals surface area contributed by atoms with Crippen molar-refractivity contribution in [3.63, 3.8) is 0 Å². The van der Waals surface area contributed by atoms with Crippen LogP contribution in [0.25, 0.3) is 11.4 Å². The Morgan fingerprint density at radius 2 is 1.16 bits per heavy atom. The lowest BCUT2D eigenvalue weighted by atomic mass is 10.2. The lowest BCUT2D eigenvalue weighted by Crippen LogP contribution is -2.33. The second kappa shape index (κ2) is 21.6. The number of nitrogens with one attached hydrogen (secondary N) is 1. The van der Waals surface area contributed by atoms with Gasteiger partial charge in [-0.25, -0.2) is 40.6 Å². The number of amides is 1. The maximum Gasteiger partial charge on any atom is 0.410 e. The van der Waals surface area contributed by atoms with Crippen LogP contribution in [0.1, 0.15) is 32.2 Å². The van der Waals surface area contributed by atoms with Gasteiger partial charge in [-0.3, -0.25) is 9.97 Å². The number of hydrogen-bond donors (Lipinski definition) is 3. The van der Waals surface area contributed by atoms with Crippen molar-refractivity contribution in [2.75, 3.05) is 14.1 Å². The number of carbonyl (C=O) groups excluding carboxylic acids is 1. The van der Waals surface area contributed by atoms with Gasteiger partial charge in [0.25, 0.3) is 0 Å². The van der Waals surface area contributed by atoms with Gasteiger partial charge in [0, 0.05) is 62.7 Å². The van der Waals surface area contributed by atoms with Crippen molar-refractivity contribution in [1.82, 2.24) is 39.7 Å². The summed E-state index contributed by atoms with van der Waals surface area (Å²) in [4.78, 5) is 40.7. The monoisotopic (exact) mass is 940 g/mol. The third-order valence-corrected chi connectivity index (χ3v) is 11.9. The molecule has 63 heavy (non-hydrogen) atoms. The van der Waals surface area contributed by atoms with Crippen LogP contribution in [-0.4, -0.2) is 99.2 Å². The Kier molecular flexibility index (Phi) is 16.8. The summed E-state index contributed by atoms with van der Waals surface area (Å²) in [7, 11) is -4.41. The van der Waals surface area contributed by atoms with Crippen molar-refractivity contribution >= 4 is 60.9 Å². The predicted octanol–water partition coefficient (Wildman–Crippen LogP) is 6.31. The number of benzene rings is 2. The largest absolute Gasteiger partial charge is 0.478 e. The third-order valence-electron chi connectivity index (χ3n) is 7.89. The first-order valence-corrected chi connectivity index (χ1v) is 22.1. The van der Waals surface area contributed by atoms with Crippen molar-refractivity contribution in [2.24, 2.45) is 0 Å². The van der Waals surface area contributed by atoms with E-state index in [4.69, 9.17) is 38.2 Å². The van der Waals surface area contributed by atoms with E-state index < -0.39 is 43.3 Å². The van der Waals surface area contributed by atoms with Gasteiger partial charge in [0.1, 0.15) is 5.60 Å². The number of aromatic nitrogens is 6. The highest BCUT2D eigenvalue weighted by atomic mass is 35.5. The van der Waals surface area contributed by atoms with Gasteiger partial charge in [0.05, 0.1) is 49.1 Å². The van der Waals surface area contributed by atoms with E-state index in [1.807, 2.05) is 0 Å². The molecule has 0 bridgehead atoms. The fourth-order valence-corrected chi connectivity index (χ4v) is 8.33. The zero-order valence-corrected chi connectivity index (χ0v) is 37.5. The van der Waals surface area contributed by atoms with Crippen molar-refractivity contribution < 1.29 is 46.2 Å². The molecule has 0 aliphatic heterocycles. The number of hydrogen-bond acceptors (Lipinski definition) is 13. The van der Waals surface area contributed by atoms with Gasteiger partial charge in [-0.1, -0.05) is 47.5 Å². The Labute approximate surface area is 373 Å². The van der Waals surface area contributed by atoms with Gasteiger partial charge in [-0.05, 0) is 76.3 Å². The van der Waals surface area contributed by atoms with Crippen LogP contribution < -0.4 is 5.32 Å². The number of pyridine rings is 2. The van der Waals surface area contributed by atoms with Crippen LogP contribution in [0.4, 0.5) is 4.79 Å². The minimum absolute atomic E-state index is 0.0234. The highest BCUT2D eigenvalue weighted by Crippen LogP contribution is 2.29. The van der Waals surface area contributed by atoms with E-state index in [0.29, 0.717) is 51.5 Å². The number of carboxylic acids is 2. The minimum atomic E-state index is -3.95. The van der Waals surface area contributed by atoms with Crippen LogP contribution in [0, 0.1) is 0 Å². The fraction of sp³-hybridized carbons (Fsp3) is 0.195. The molecule has 0 unspecified atom stereocenters. The molecule has 1 amide bonds. The second-order valence-corrected chi connectivity index (χ2v) is 18.5. The molecule has 0 atom stereocenters. The summed E-state index contributed by atoms with van der Waals surface area (Å²) in [6.07, 6.45) is 6.17. The van der Waals surface area contributed by atoms with Crippen molar-refractivity contribution in [2.45, 2.75) is 59.3 Å². The molecule has 22 heteroatoms. The molecule has 0 aliphatic rings. The van der Waals surface area contributed by atoms with Gasteiger partial charge in [-0.15, -0.1) is 0 Å². The number of sulfone groups is 2. The lowest BCUT2D eigenvalue weighted by molar-refractivity contribution is -0.134. The number of para-hydroxylation sites is 2. The van der Waals surface area contributed by atoms with Crippen LogP contribution in [0.3, 0.4) is 0 Å². The summed E-state index contributed by atoms with van der Waals surface area (Å²) in [5.41, 5.74) is 1.20. The normalized spacial score (nSPS) is 11.5. The highest BCUT2D eigenvalue weighted by Gasteiger charge is 2.28. The first kappa shape index (κ1) is 49.2. The van der Waals surface area contributed by atoms with Crippen molar-refractivity contribution in [3.05, 3.63) is 143 Å².